The largest absolute Gasteiger partial charge is 0.477 e. The first-order valence-electron chi connectivity index (χ1n) is 9.14. The Morgan fingerprint density at radius 2 is 1.70 bits per heavy atom. The van der Waals surface area contributed by atoms with E-state index in [1.165, 1.54) is 0 Å². The van der Waals surface area contributed by atoms with Gasteiger partial charge in [0.1, 0.15) is 0 Å². The zero-order valence-electron chi connectivity index (χ0n) is 15.6. The van der Waals surface area contributed by atoms with Crippen molar-refractivity contribution in [2.45, 2.75) is 26.2 Å². The third kappa shape index (κ3) is 4.70. The lowest BCUT2D eigenvalue weighted by Gasteiger charge is -2.15. The number of hydrogen-bond acceptors (Lipinski definition) is 4. The van der Waals surface area contributed by atoms with E-state index in [1.807, 2.05) is 74.5 Å². The number of carbonyl (C=O) groups is 1. The minimum atomic E-state index is -0.164. The van der Waals surface area contributed by atoms with Gasteiger partial charge in [-0.15, -0.1) is 10.2 Å². The monoisotopic (exact) mass is 361 g/mol. The molecule has 5 heteroatoms. The van der Waals surface area contributed by atoms with Crippen molar-refractivity contribution in [2.75, 3.05) is 11.9 Å². The summed E-state index contributed by atoms with van der Waals surface area (Å²) in [4.78, 5) is 12.7. The average Bonchev–Trinajstić information content (AvgIpc) is 2.71. The fourth-order valence-electron chi connectivity index (χ4n) is 2.91. The molecule has 0 saturated heterocycles. The molecule has 0 saturated carbocycles. The van der Waals surface area contributed by atoms with Gasteiger partial charge in [0.15, 0.2) is 0 Å². The fourth-order valence-corrected chi connectivity index (χ4v) is 2.91. The molecule has 27 heavy (non-hydrogen) atoms. The molecule has 138 valence electrons. The smallest absolute Gasteiger partial charge is 0.233 e. The average molecular weight is 361 g/mol. The second kappa shape index (κ2) is 8.94. The molecule has 5 nitrogen and oxygen atoms in total. The molecular weight excluding hydrogens is 338 g/mol. The van der Waals surface area contributed by atoms with E-state index in [0.29, 0.717) is 12.5 Å². The Balaban J connectivity index is 1.69. The van der Waals surface area contributed by atoms with Crippen molar-refractivity contribution in [3.63, 3.8) is 0 Å². The second-order valence-corrected chi connectivity index (χ2v) is 6.13. The highest BCUT2D eigenvalue weighted by molar-refractivity contribution is 5.96. The Hall–Kier alpha value is -3.21. The number of rotatable bonds is 7. The molecule has 0 spiro atoms. The zero-order valence-corrected chi connectivity index (χ0v) is 15.6. The van der Waals surface area contributed by atoms with Crippen molar-refractivity contribution in [1.29, 1.82) is 0 Å². The Kier molecular flexibility index (Phi) is 6.15. The molecule has 1 amide bonds. The van der Waals surface area contributed by atoms with Crippen molar-refractivity contribution < 1.29 is 9.53 Å². The quantitative estimate of drug-likeness (QED) is 0.664. The van der Waals surface area contributed by atoms with Crippen LogP contribution in [0.3, 0.4) is 0 Å². The van der Waals surface area contributed by atoms with Gasteiger partial charge in [0.05, 0.1) is 18.2 Å². The summed E-state index contributed by atoms with van der Waals surface area (Å²) in [5, 5.41) is 11.2. The molecule has 0 fully saturated rings. The van der Waals surface area contributed by atoms with Crippen LogP contribution in [0.2, 0.25) is 0 Å². The minimum Gasteiger partial charge on any atom is -0.477 e. The van der Waals surface area contributed by atoms with E-state index >= 15 is 0 Å². The first kappa shape index (κ1) is 18.6. The predicted octanol–water partition coefficient (Wildman–Crippen LogP) is 4.67. The van der Waals surface area contributed by atoms with Crippen molar-refractivity contribution in [2.24, 2.45) is 0 Å². The van der Waals surface area contributed by atoms with Gasteiger partial charge in [-0.3, -0.25) is 4.79 Å². The normalized spacial score (nSPS) is 11.6. The SMILES string of the molecule is CCOc1ccc(-c2ccc(NC(=O)[C@@H](CC)c3ccccc3)cc2)nn1. The van der Waals surface area contributed by atoms with E-state index in [-0.39, 0.29) is 11.8 Å². The van der Waals surface area contributed by atoms with Crippen LogP contribution < -0.4 is 10.1 Å². The summed E-state index contributed by atoms with van der Waals surface area (Å²) in [5.74, 6) is 0.344. The summed E-state index contributed by atoms with van der Waals surface area (Å²) in [7, 11) is 0. The summed E-state index contributed by atoms with van der Waals surface area (Å²) in [6.45, 7) is 4.48. The summed E-state index contributed by atoms with van der Waals surface area (Å²) in [5.41, 5.74) is 3.47. The van der Waals surface area contributed by atoms with Crippen LogP contribution in [-0.2, 0) is 4.79 Å². The molecule has 0 aliphatic heterocycles. The van der Waals surface area contributed by atoms with E-state index in [9.17, 15) is 4.79 Å². The number of ether oxygens (including phenoxy) is 1. The van der Waals surface area contributed by atoms with Gasteiger partial charge in [0.2, 0.25) is 11.8 Å². The predicted molar refractivity (Wildman–Crippen MR) is 107 cm³/mol. The summed E-state index contributed by atoms with van der Waals surface area (Å²) in [6, 6.07) is 21.1. The van der Waals surface area contributed by atoms with Gasteiger partial charge >= 0.3 is 0 Å². The van der Waals surface area contributed by atoms with Crippen LogP contribution >= 0.6 is 0 Å². The number of nitrogens with zero attached hydrogens (tertiary/aromatic N) is 2. The highest BCUT2D eigenvalue weighted by Gasteiger charge is 2.18. The molecule has 0 unspecified atom stereocenters. The Morgan fingerprint density at radius 1 is 0.963 bits per heavy atom. The van der Waals surface area contributed by atoms with Gasteiger partial charge in [-0.05, 0) is 37.1 Å². The van der Waals surface area contributed by atoms with Crippen LogP contribution in [0.25, 0.3) is 11.3 Å². The molecule has 0 aliphatic carbocycles. The molecule has 0 radical (unpaired) electrons. The van der Waals surface area contributed by atoms with Gasteiger partial charge in [-0.25, -0.2) is 0 Å². The number of amides is 1. The third-order valence-corrected chi connectivity index (χ3v) is 4.31. The van der Waals surface area contributed by atoms with E-state index in [0.717, 1.165) is 28.9 Å². The maximum atomic E-state index is 12.7. The maximum Gasteiger partial charge on any atom is 0.233 e. The van der Waals surface area contributed by atoms with Gasteiger partial charge in [-0.2, -0.15) is 0 Å². The van der Waals surface area contributed by atoms with Gasteiger partial charge in [0, 0.05) is 17.3 Å². The fraction of sp³-hybridized carbons (Fsp3) is 0.227. The van der Waals surface area contributed by atoms with E-state index in [2.05, 4.69) is 15.5 Å². The molecule has 1 atom stereocenters. The molecule has 2 aromatic carbocycles. The standard InChI is InChI=1S/C22H23N3O2/c1-3-19(16-8-6-5-7-9-16)22(26)23-18-12-10-17(11-13-18)20-14-15-21(25-24-20)27-4-2/h5-15,19H,3-4H2,1-2H3,(H,23,26)/t19-/m0/s1. The van der Waals surface area contributed by atoms with E-state index in [1.54, 1.807) is 6.07 Å². The zero-order chi connectivity index (χ0) is 19.1. The van der Waals surface area contributed by atoms with Crippen LogP contribution in [0.5, 0.6) is 5.88 Å². The van der Waals surface area contributed by atoms with Crippen molar-refractivity contribution in [3.8, 4) is 17.1 Å². The van der Waals surface area contributed by atoms with Gasteiger partial charge in [-0.1, -0.05) is 49.4 Å². The molecule has 0 bridgehead atoms. The summed E-state index contributed by atoms with van der Waals surface area (Å²) < 4.78 is 5.31. The van der Waals surface area contributed by atoms with Gasteiger partial charge < -0.3 is 10.1 Å². The van der Waals surface area contributed by atoms with Crippen molar-refractivity contribution in [3.05, 3.63) is 72.3 Å². The number of nitrogens with one attached hydrogen (secondary N) is 1. The Labute approximate surface area is 159 Å². The number of anilines is 1. The first-order valence-corrected chi connectivity index (χ1v) is 9.14. The molecule has 1 heterocycles. The number of benzene rings is 2. The molecule has 3 rings (SSSR count). The number of carbonyl (C=O) groups excluding carboxylic acids is 1. The van der Waals surface area contributed by atoms with Crippen molar-refractivity contribution in [1.82, 2.24) is 10.2 Å². The molecule has 3 aromatic rings. The van der Waals surface area contributed by atoms with Crippen LogP contribution in [0, 0.1) is 0 Å². The lowest BCUT2D eigenvalue weighted by Crippen LogP contribution is -2.20. The molecule has 0 aliphatic rings. The third-order valence-electron chi connectivity index (χ3n) is 4.31. The van der Waals surface area contributed by atoms with E-state index in [4.69, 9.17) is 4.74 Å². The molecule has 1 aromatic heterocycles. The van der Waals surface area contributed by atoms with Crippen LogP contribution in [0.4, 0.5) is 5.69 Å². The first-order chi connectivity index (χ1) is 13.2. The van der Waals surface area contributed by atoms with E-state index < -0.39 is 0 Å². The number of hydrogen-bond donors (Lipinski definition) is 1. The van der Waals surface area contributed by atoms with Gasteiger partial charge in [0.25, 0.3) is 0 Å². The lowest BCUT2D eigenvalue weighted by molar-refractivity contribution is -0.117. The van der Waals surface area contributed by atoms with Crippen LogP contribution in [0.1, 0.15) is 31.7 Å². The number of aromatic nitrogens is 2. The molecular formula is C22H23N3O2. The van der Waals surface area contributed by atoms with Crippen LogP contribution in [-0.4, -0.2) is 22.7 Å². The maximum absolute atomic E-state index is 12.7. The Morgan fingerprint density at radius 3 is 2.30 bits per heavy atom. The Bertz CT molecular complexity index is 862. The summed E-state index contributed by atoms with van der Waals surface area (Å²) in [6.07, 6.45) is 0.746. The molecule has 1 N–H and O–H groups in total. The van der Waals surface area contributed by atoms with Crippen LogP contribution in [0.15, 0.2) is 66.7 Å². The summed E-state index contributed by atoms with van der Waals surface area (Å²) >= 11 is 0. The lowest BCUT2D eigenvalue weighted by atomic mass is 9.95. The highest BCUT2D eigenvalue weighted by Crippen LogP contribution is 2.23. The minimum absolute atomic E-state index is 0.00249. The highest BCUT2D eigenvalue weighted by atomic mass is 16.5. The topological polar surface area (TPSA) is 64.1 Å². The van der Waals surface area contributed by atoms with Crippen molar-refractivity contribution >= 4 is 11.6 Å². The second-order valence-electron chi connectivity index (χ2n) is 6.13.